The highest BCUT2D eigenvalue weighted by Crippen LogP contribution is 2.18. The van der Waals surface area contributed by atoms with Gasteiger partial charge in [-0.1, -0.05) is 0 Å². The van der Waals surface area contributed by atoms with Crippen LogP contribution in [0.25, 0.3) is 0 Å². The zero-order valence-electron chi connectivity index (χ0n) is 9.31. The zero-order chi connectivity index (χ0) is 11.4. The molecule has 0 aliphatic carbocycles. The predicted molar refractivity (Wildman–Crippen MR) is 61.0 cm³/mol. The van der Waals surface area contributed by atoms with Crippen molar-refractivity contribution in [1.82, 2.24) is 4.98 Å². The Balaban J connectivity index is 1.95. The number of ether oxygens (including phenoxy) is 1. The van der Waals surface area contributed by atoms with Crippen molar-refractivity contribution in [2.75, 3.05) is 11.9 Å². The quantitative estimate of drug-likeness (QED) is 0.840. The van der Waals surface area contributed by atoms with E-state index >= 15 is 0 Å². The summed E-state index contributed by atoms with van der Waals surface area (Å²) in [5.41, 5.74) is 0.579. The van der Waals surface area contributed by atoms with Crippen LogP contribution in [0.2, 0.25) is 0 Å². The van der Waals surface area contributed by atoms with Crippen LogP contribution in [-0.4, -0.2) is 23.7 Å². The number of nitrogens with one attached hydrogen (secondary N) is 1. The SMILES string of the molecule is CC(Nc1ccc(C#N)cn1)C1CCCO1. The van der Waals surface area contributed by atoms with Crippen LogP contribution in [-0.2, 0) is 4.74 Å². The molecule has 4 heteroatoms. The molecule has 0 amide bonds. The van der Waals surface area contributed by atoms with E-state index in [0.29, 0.717) is 5.56 Å². The van der Waals surface area contributed by atoms with Gasteiger partial charge in [-0.25, -0.2) is 4.98 Å². The fourth-order valence-electron chi connectivity index (χ4n) is 1.87. The molecular weight excluding hydrogens is 202 g/mol. The molecule has 1 N–H and O–H groups in total. The molecule has 2 rings (SSSR count). The second kappa shape index (κ2) is 4.95. The number of nitriles is 1. The molecule has 2 atom stereocenters. The highest BCUT2D eigenvalue weighted by atomic mass is 16.5. The maximum Gasteiger partial charge on any atom is 0.126 e. The van der Waals surface area contributed by atoms with E-state index < -0.39 is 0 Å². The van der Waals surface area contributed by atoms with Crippen LogP contribution in [0.4, 0.5) is 5.82 Å². The molecular formula is C12H15N3O. The molecule has 4 nitrogen and oxygen atoms in total. The first kappa shape index (κ1) is 10.9. The molecule has 0 bridgehead atoms. The van der Waals surface area contributed by atoms with Gasteiger partial charge < -0.3 is 10.1 Å². The molecule has 0 spiro atoms. The Bertz CT molecular complexity index is 376. The highest BCUT2D eigenvalue weighted by molar-refractivity contribution is 5.39. The van der Waals surface area contributed by atoms with E-state index in [1.165, 1.54) is 0 Å². The molecule has 16 heavy (non-hydrogen) atoms. The average molecular weight is 217 g/mol. The van der Waals surface area contributed by atoms with Crippen LogP contribution in [0, 0.1) is 11.3 Å². The summed E-state index contributed by atoms with van der Waals surface area (Å²) in [7, 11) is 0. The Labute approximate surface area is 95.3 Å². The number of aromatic nitrogens is 1. The van der Waals surface area contributed by atoms with Crippen LogP contribution in [0.1, 0.15) is 25.3 Å². The molecule has 1 aromatic rings. The van der Waals surface area contributed by atoms with Gasteiger partial charge in [0, 0.05) is 12.8 Å². The lowest BCUT2D eigenvalue weighted by atomic mass is 10.1. The van der Waals surface area contributed by atoms with Gasteiger partial charge in [-0.15, -0.1) is 0 Å². The summed E-state index contributed by atoms with van der Waals surface area (Å²) in [5.74, 6) is 0.794. The molecule has 0 saturated carbocycles. The average Bonchev–Trinajstić information content (AvgIpc) is 2.83. The number of anilines is 1. The van der Waals surface area contributed by atoms with E-state index in [0.717, 1.165) is 25.3 Å². The minimum absolute atomic E-state index is 0.253. The Morgan fingerprint density at radius 1 is 1.62 bits per heavy atom. The topological polar surface area (TPSA) is 57.9 Å². The fraction of sp³-hybridized carbons (Fsp3) is 0.500. The third-order valence-electron chi connectivity index (χ3n) is 2.79. The maximum absolute atomic E-state index is 8.65. The van der Waals surface area contributed by atoms with E-state index in [2.05, 4.69) is 17.2 Å². The third-order valence-corrected chi connectivity index (χ3v) is 2.79. The summed E-state index contributed by atoms with van der Waals surface area (Å²) in [5, 5.41) is 11.9. The lowest BCUT2D eigenvalue weighted by Gasteiger charge is -2.20. The van der Waals surface area contributed by atoms with E-state index in [1.54, 1.807) is 12.3 Å². The normalized spacial score (nSPS) is 21.4. The minimum atomic E-state index is 0.253. The molecule has 1 aromatic heterocycles. The second-order valence-corrected chi connectivity index (χ2v) is 4.03. The van der Waals surface area contributed by atoms with Gasteiger partial charge in [-0.3, -0.25) is 0 Å². The first-order valence-corrected chi connectivity index (χ1v) is 5.54. The van der Waals surface area contributed by atoms with Gasteiger partial charge >= 0.3 is 0 Å². The molecule has 2 heterocycles. The largest absolute Gasteiger partial charge is 0.376 e. The number of rotatable bonds is 3. The van der Waals surface area contributed by atoms with E-state index in [-0.39, 0.29) is 12.1 Å². The highest BCUT2D eigenvalue weighted by Gasteiger charge is 2.22. The van der Waals surface area contributed by atoms with Gasteiger partial charge in [0.2, 0.25) is 0 Å². The van der Waals surface area contributed by atoms with Gasteiger partial charge in [0.1, 0.15) is 11.9 Å². The summed E-state index contributed by atoms with van der Waals surface area (Å²) in [6, 6.07) is 5.89. The Kier molecular flexibility index (Phi) is 3.37. The predicted octanol–water partition coefficient (Wildman–Crippen LogP) is 1.93. The molecule has 0 radical (unpaired) electrons. The summed E-state index contributed by atoms with van der Waals surface area (Å²) in [6.07, 6.45) is 4.09. The molecule has 2 unspecified atom stereocenters. The van der Waals surface area contributed by atoms with Gasteiger partial charge in [-0.05, 0) is 31.9 Å². The van der Waals surface area contributed by atoms with Crippen molar-refractivity contribution in [2.24, 2.45) is 0 Å². The summed E-state index contributed by atoms with van der Waals surface area (Å²) >= 11 is 0. The Morgan fingerprint density at radius 2 is 2.50 bits per heavy atom. The molecule has 0 aromatic carbocycles. The zero-order valence-corrected chi connectivity index (χ0v) is 9.31. The monoisotopic (exact) mass is 217 g/mol. The number of nitrogens with zero attached hydrogens (tertiary/aromatic N) is 2. The smallest absolute Gasteiger partial charge is 0.126 e. The number of hydrogen-bond acceptors (Lipinski definition) is 4. The van der Waals surface area contributed by atoms with Gasteiger partial charge in [0.05, 0.1) is 17.7 Å². The first-order valence-electron chi connectivity index (χ1n) is 5.54. The van der Waals surface area contributed by atoms with Crippen LogP contribution in [0.5, 0.6) is 0 Å². The van der Waals surface area contributed by atoms with E-state index in [4.69, 9.17) is 10.00 Å². The van der Waals surface area contributed by atoms with Crippen LogP contribution in [0.3, 0.4) is 0 Å². The van der Waals surface area contributed by atoms with Crippen molar-refractivity contribution >= 4 is 5.82 Å². The first-order chi connectivity index (χ1) is 7.79. The summed E-state index contributed by atoms with van der Waals surface area (Å²) in [4.78, 5) is 4.17. The van der Waals surface area contributed by atoms with Crippen molar-refractivity contribution in [3.8, 4) is 6.07 Å². The number of pyridine rings is 1. The standard InChI is InChI=1S/C12H15N3O/c1-9(11-3-2-6-16-11)15-12-5-4-10(7-13)8-14-12/h4-5,8-9,11H,2-3,6H2,1H3,(H,14,15). The Hall–Kier alpha value is -1.60. The van der Waals surface area contributed by atoms with Crippen LogP contribution in [0.15, 0.2) is 18.3 Å². The molecule has 1 aliphatic rings. The van der Waals surface area contributed by atoms with Crippen molar-refractivity contribution in [2.45, 2.75) is 31.9 Å². The second-order valence-electron chi connectivity index (χ2n) is 4.03. The lowest BCUT2D eigenvalue weighted by Crippen LogP contribution is -2.30. The molecule has 1 fully saturated rings. The maximum atomic E-state index is 8.65. The van der Waals surface area contributed by atoms with Crippen LogP contribution < -0.4 is 5.32 Å². The van der Waals surface area contributed by atoms with E-state index in [9.17, 15) is 0 Å². The molecule has 1 aliphatic heterocycles. The van der Waals surface area contributed by atoms with Gasteiger partial charge in [0.25, 0.3) is 0 Å². The lowest BCUT2D eigenvalue weighted by molar-refractivity contribution is 0.0995. The third kappa shape index (κ3) is 2.50. The van der Waals surface area contributed by atoms with Crippen LogP contribution >= 0.6 is 0 Å². The van der Waals surface area contributed by atoms with E-state index in [1.807, 2.05) is 12.1 Å². The Morgan fingerprint density at radius 3 is 3.06 bits per heavy atom. The van der Waals surface area contributed by atoms with Gasteiger partial charge in [-0.2, -0.15) is 5.26 Å². The van der Waals surface area contributed by atoms with Gasteiger partial charge in [0.15, 0.2) is 0 Å². The minimum Gasteiger partial charge on any atom is -0.376 e. The van der Waals surface area contributed by atoms with Crippen molar-refractivity contribution in [3.63, 3.8) is 0 Å². The summed E-state index contributed by atoms with van der Waals surface area (Å²) < 4.78 is 5.59. The van der Waals surface area contributed by atoms with Crippen molar-refractivity contribution in [3.05, 3.63) is 23.9 Å². The summed E-state index contributed by atoms with van der Waals surface area (Å²) in [6.45, 7) is 2.95. The van der Waals surface area contributed by atoms with Crippen molar-refractivity contribution in [1.29, 1.82) is 5.26 Å². The molecule has 1 saturated heterocycles. The van der Waals surface area contributed by atoms with Crippen molar-refractivity contribution < 1.29 is 4.74 Å². The fourth-order valence-corrected chi connectivity index (χ4v) is 1.87. The molecule has 84 valence electrons. The number of hydrogen-bond donors (Lipinski definition) is 1.